The number of hydrogen-bond acceptors (Lipinski definition) is 7. The van der Waals surface area contributed by atoms with E-state index in [1.807, 2.05) is 30.3 Å². The molecule has 0 unspecified atom stereocenters. The number of hydrogen-bond donors (Lipinski definition) is 2. The normalized spacial score (nSPS) is 11.1. The van der Waals surface area contributed by atoms with Gasteiger partial charge in [-0.15, -0.1) is 0 Å². The summed E-state index contributed by atoms with van der Waals surface area (Å²) < 4.78 is 23.0. The van der Waals surface area contributed by atoms with E-state index in [0.717, 1.165) is 5.56 Å². The van der Waals surface area contributed by atoms with Gasteiger partial charge in [-0.2, -0.15) is 5.10 Å². The molecule has 0 spiro atoms. The van der Waals surface area contributed by atoms with Crippen LogP contribution in [0.4, 0.5) is 0 Å². The molecule has 230 valence electrons. The summed E-state index contributed by atoms with van der Waals surface area (Å²) in [4.78, 5) is 29.9. The highest BCUT2D eigenvalue weighted by Crippen LogP contribution is 2.40. The average Bonchev–Trinajstić information content (AvgIpc) is 3.42. The van der Waals surface area contributed by atoms with Crippen molar-refractivity contribution in [3.8, 4) is 34.1 Å². The number of hydrazone groups is 1. The van der Waals surface area contributed by atoms with Gasteiger partial charge >= 0.3 is 5.97 Å². The lowest BCUT2D eigenvalue weighted by Gasteiger charge is -2.15. The number of esters is 1. The number of halogens is 4. The molecule has 0 fully saturated rings. The van der Waals surface area contributed by atoms with Crippen molar-refractivity contribution in [3.63, 3.8) is 0 Å². The monoisotopic (exact) mass is 773 g/mol. The average molecular weight is 776 g/mol. The standard InChI is InChI=1S/C32H23Br2Cl2N3O6/c1-42-24-10-17(11-25(43-2)30(24)44-3)32(41)45-29-18(9-19(33)12-21(29)34)15-37-39-31(40)28-26(16-7-5-4-6-8-16)27-22(36)13-20(35)14-23(27)38-28/h4-15,38H,1-3H3,(H,39,40). The van der Waals surface area contributed by atoms with Crippen LogP contribution < -0.4 is 24.4 Å². The molecule has 0 saturated carbocycles. The highest BCUT2D eigenvalue weighted by Gasteiger charge is 2.23. The van der Waals surface area contributed by atoms with Crippen LogP contribution in [0.1, 0.15) is 26.4 Å². The van der Waals surface area contributed by atoms with Crippen molar-refractivity contribution in [2.45, 2.75) is 0 Å². The Hall–Kier alpha value is -4.03. The summed E-state index contributed by atoms with van der Waals surface area (Å²) in [5.74, 6) is -0.152. The zero-order chi connectivity index (χ0) is 32.2. The molecule has 1 heterocycles. The smallest absolute Gasteiger partial charge is 0.343 e. The van der Waals surface area contributed by atoms with Crippen molar-refractivity contribution >= 4 is 84.1 Å². The zero-order valence-corrected chi connectivity index (χ0v) is 28.5. The topological polar surface area (TPSA) is 111 Å². The molecule has 1 amide bonds. The number of benzene rings is 4. The summed E-state index contributed by atoms with van der Waals surface area (Å²) in [7, 11) is 4.36. The van der Waals surface area contributed by atoms with Gasteiger partial charge in [-0.1, -0.05) is 69.5 Å². The summed E-state index contributed by atoms with van der Waals surface area (Å²) in [6.07, 6.45) is 1.36. The van der Waals surface area contributed by atoms with E-state index in [-0.39, 0.29) is 17.0 Å². The minimum atomic E-state index is -0.697. The third kappa shape index (κ3) is 6.81. The summed E-state index contributed by atoms with van der Waals surface area (Å²) in [6, 6.07) is 19.0. The third-order valence-corrected chi connectivity index (χ3v) is 8.17. The van der Waals surface area contributed by atoms with E-state index in [2.05, 4.69) is 47.4 Å². The molecular formula is C32H23Br2Cl2N3O6. The van der Waals surface area contributed by atoms with Gasteiger partial charge in [0, 0.05) is 31.5 Å². The molecule has 4 aromatic carbocycles. The number of carbonyl (C=O) groups is 2. The van der Waals surface area contributed by atoms with Crippen LogP contribution in [-0.4, -0.2) is 44.4 Å². The SMILES string of the molecule is COc1cc(C(=O)Oc2c(Br)cc(Br)cc2C=NNC(=O)c2[nH]c3cc(Cl)cc(Cl)c3c2-c2ccccc2)cc(OC)c1OC. The minimum Gasteiger partial charge on any atom is -0.493 e. The fourth-order valence-electron chi connectivity index (χ4n) is 4.66. The molecule has 5 aromatic rings. The lowest BCUT2D eigenvalue weighted by molar-refractivity contribution is 0.0732. The van der Waals surface area contributed by atoms with E-state index in [1.54, 1.807) is 24.3 Å². The highest BCUT2D eigenvalue weighted by atomic mass is 79.9. The van der Waals surface area contributed by atoms with Gasteiger partial charge in [-0.25, -0.2) is 10.2 Å². The van der Waals surface area contributed by atoms with Crippen molar-refractivity contribution in [3.05, 3.63) is 103 Å². The number of carbonyl (C=O) groups excluding carboxylic acids is 2. The van der Waals surface area contributed by atoms with Crippen LogP contribution in [0.25, 0.3) is 22.0 Å². The number of fused-ring (bicyclic) bond motifs is 1. The Morgan fingerprint density at radius 2 is 1.58 bits per heavy atom. The highest BCUT2D eigenvalue weighted by molar-refractivity contribution is 9.11. The lowest BCUT2D eigenvalue weighted by atomic mass is 10.0. The van der Waals surface area contributed by atoms with Crippen molar-refractivity contribution < 1.29 is 28.5 Å². The maximum Gasteiger partial charge on any atom is 0.343 e. The minimum absolute atomic E-state index is 0.154. The number of H-pyrrole nitrogens is 1. The summed E-state index contributed by atoms with van der Waals surface area (Å²) >= 11 is 19.7. The van der Waals surface area contributed by atoms with Crippen LogP contribution in [0.3, 0.4) is 0 Å². The molecule has 0 aliphatic rings. The van der Waals surface area contributed by atoms with Gasteiger partial charge in [0.1, 0.15) is 5.69 Å². The molecule has 1 aromatic heterocycles. The van der Waals surface area contributed by atoms with Gasteiger partial charge < -0.3 is 23.9 Å². The van der Waals surface area contributed by atoms with Crippen molar-refractivity contribution in [2.24, 2.45) is 5.10 Å². The van der Waals surface area contributed by atoms with Crippen molar-refractivity contribution in [1.82, 2.24) is 10.4 Å². The molecule has 9 nitrogen and oxygen atoms in total. The number of nitrogens with zero attached hydrogens (tertiary/aromatic N) is 1. The van der Waals surface area contributed by atoms with Crippen LogP contribution in [0, 0.1) is 0 Å². The number of aromatic amines is 1. The van der Waals surface area contributed by atoms with Crippen molar-refractivity contribution in [1.29, 1.82) is 0 Å². The number of nitrogens with one attached hydrogen (secondary N) is 2. The maximum absolute atomic E-state index is 13.5. The summed E-state index contributed by atoms with van der Waals surface area (Å²) in [5, 5.41) is 5.64. The fourth-order valence-corrected chi connectivity index (χ4v) is 6.59. The molecule has 0 saturated heterocycles. The first-order chi connectivity index (χ1) is 21.6. The summed E-state index contributed by atoms with van der Waals surface area (Å²) in [6.45, 7) is 0. The van der Waals surface area contributed by atoms with Gasteiger partial charge in [0.25, 0.3) is 5.91 Å². The van der Waals surface area contributed by atoms with E-state index >= 15 is 0 Å². The second kappa shape index (κ2) is 13.9. The molecular weight excluding hydrogens is 753 g/mol. The van der Waals surface area contributed by atoms with Gasteiger partial charge in [0.15, 0.2) is 17.2 Å². The van der Waals surface area contributed by atoms with Gasteiger partial charge in [0.2, 0.25) is 5.75 Å². The number of rotatable bonds is 9. The maximum atomic E-state index is 13.5. The molecule has 0 aliphatic heterocycles. The number of methoxy groups -OCH3 is 3. The second-order valence-electron chi connectivity index (χ2n) is 9.36. The molecule has 0 bridgehead atoms. The molecule has 0 atom stereocenters. The fraction of sp³-hybridized carbons (Fsp3) is 0.0938. The van der Waals surface area contributed by atoms with E-state index in [0.29, 0.717) is 58.3 Å². The van der Waals surface area contributed by atoms with Gasteiger partial charge in [0.05, 0.1) is 42.6 Å². The largest absolute Gasteiger partial charge is 0.493 e. The summed E-state index contributed by atoms with van der Waals surface area (Å²) in [5.41, 5.74) is 5.30. The Morgan fingerprint density at radius 1 is 0.889 bits per heavy atom. The van der Waals surface area contributed by atoms with E-state index < -0.39 is 11.9 Å². The zero-order valence-electron chi connectivity index (χ0n) is 23.8. The first-order valence-corrected chi connectivity index (χ1v) is 15.4. The van der Waals surface area contributed by atoms with Crippen LogP contribution >= 0.6 is 55.1 Å². The number of aromatic nitrogens is 1. The quantitative estimate of drug-likeness (QED) is 0.0671. The lowest BCUT2D eigenvalue weighted by Crippen LogP contribution is -2.19. The number of amides is 1. The van der Waals surface area contributed by atoms with Crippen molar-refractivity contribution in [2.75, 3.05) is 21.3 Å². The van der Waals surface area contributed by atoms with E-state index in [9.17, 15) is 9.59 Å². The number of ether oxygens (including phenoxy) is 4. The Labute approximate surface area is 284 Å². The van der Waals surface area contributed by atoms with Gasteiger partial charge in [-0.05, 0) is 57.9 Å². The molecule has 5 rings (SSSR count). The molecule has 45 heavy (non-hydrogen) atoms. The van der Waals surface area contributed by atoms with E-state index in [4.69, 9.17) is 42.1 Å². The predicted molar refractivity (Wildman–Crippen MR) is 182 cm³/mol. The van der Waals surface area contributed by atoms with Crippen LogP contribution in [0.5, 0.6) is 23.0 Å². The molecule has 13 heteroatoms. The Morgan fingerprint density at radius 3 is 2.22 bits per heavy atom. The Balaban J connectivity index is 1.46. The first-order valence-electron chi connectivity index (χ1n) is 13.1. The predicted octanol–water partition coefficient (Wildman–Crippen LogP) is 8.68. The Bertz CT molecular complexity index is 1940. The second-order valence-corrected chi connectivity index (χ2v) is 12.0. The first kappa shape index (κ1) is 32.4. The molecule has 2 N–H and O–H groups in total. The molecule has 0 aliphatic carbocycles. The third-order valence-electron chi connectivity index (χ3n) is 6.61. The van der Waals surface area contributed by atoms with E-state index in [1.165, 1.54) is 39.7 Å². The molecule has 0 radical (unpaired) electrons. The van der Waals surface area contributed by atoms with Crippen LogP contribution in [-0.2, 0) is 0 Å². The van der Waals surface area contributed by atoms with Crippen LogP contribution in [0.2, 0.25) is 10.0 Å². The van der Waals surface area contributed by atoms with Crippen LogP contribution in [0.15, 0.2) is 80.8 Å². The Kier molecular flexibility index (Phi) is 10.0. The van der Waals surface area contributed by atoms with Gasteiger partial charge in [-0.3, -0.25) is 4.79 Å².